The second-order valence-corrected chi connectivity index (χ2v) is 5.79. The lowest BCUT2D eigenvalue weighted by atomic mass is 9.84. The third kappa shape index (κ3) is 2.60. The standard InChI is InChI=1S/C14H23N3O3/c1-2-19-14(6-4-3-5-7-14)13-16-12(20-17-13)11-8-10(18)9-15-11/h10-11,15,18H,2-9H2,1H3/t10-,11-/m1/s1. The molecule has 0 spiro atoms. The average molecular weight is 281 g/mol. The molecule has 112 valence electrons. The summed E-state index contributed by atoms with van der Waals surface area (Å²) in [5.41, 5.74) is -0.369. The number of aromatic nitrogens is 2. The zero-order valence-electron chi connectivity index (χ0n) is 12.0. The van der Waals surface area contributed by atoms with Gasteiger partial charge in [-0.2, -0.15) is 4.98 Å². The summed E-state index contributed by atoms with van der Waals surface area (Å²) in [4.78, 5) is 4.56. The first kappa shape index (κ1) is 14.0. The zero-order chi connectivity index (χ0) is 14.0. The van der Waals surface area contributed by atoms with Gasteiger partial charge in [-0.25, -0.2) is 0 Å². The Morgan fingerprint density at radius 3 is 2.85 bits per heavy atom. The van der Waals surface area contributed by atoms with Crippen LogP contribution in [0.2, 0.25) is 0 Å². The van der Waals surface area contributed by atoms with Crippen LogP contribution >= 0.6 is 0 Å². The summed E-state index contributed by atoms with van der Waals surface area (Å²) in [5.74, 6) is 1.25. The van der Waals surface area contributed by atoms with Crippen molar-refractivity contribution < 1.29 is 14.4 Å². The lowest BCUT2D eigenvalue weighted by Crippen LogP contribution is -2.33. The van der Waals surface area contributed by atoms with Crippen molar-refractivity contribution in [2.24, 2.45) is 0 Å². The minimum Gasteiger partial charge on any atom is -0.392 e. The van der Waals surface area contributed by atoms with E-state index in [1.54, 1.807) is 0 Å². The van der Waals surface area contributed by atoms with E-state index >= 15 is 0 Å². The molecular weight excluding hydrogens is 258 g/mol. The van der Waals surface area contributed by atoms with E-state index in [1.165, 1.54) is 6.42 Å². The third-order valence-corrected chi connectivity index (χ3v) is 4.34. The molecule has 0 radical (unpaired) electrons. The molecule has 0 bridgehead atoms. The minimum absolute atomic E-state index is 0.0338. The van der Waals surface area contributed by atoms with E-state index in [0.29, 0.717) is 31.3 Å². The van der Waals surface area contributed by atoms with E-state index in [9.17, 15) is 5.11 Å². The van der Waals surface area contributed by atoms with Gasteiger partial charge >= 0.3 is 0 Å². The molecule has 2 N–H and O–H groups in total. The molecule has 0 amide bonds. The number of β-amino-alcohol motifs (C(OH)–C–C–N with tert-alkyl or cyclic N) is 1. The first-order valence-corrected chi connectivity index (χ1v) is 7.63. The summed E-state index contributed by atoms with van der Waals surface area (Å²) < 4.78 is 11.4. The van der Waals surface area contributed by atoms with Crippen LogP contribution in [0.4, 0.5) is 0 Å². The molecule has 1 aromatic rings. The average Bonchev–Trinajstić information content (AvgIpc) is 3.09. The topological polar surface area (TPSA) is 80.4 Å². The SMILES string of the molecule is CCOC1(c2noc([C@H]3C[C@@H](O)CN3)n2)CCCCC1. The van der Waals surface area contributed by atoms with Crippen molar-refractivity contribution in [3.63, 3.8) is 0 Å². The van der Waals surface area contributed by atoms with Crippen LogP contribution in [0.15, 0.2) is 4.52 Å². The van der Waals surface area contributed by atoms with Crippen molar-refractivity contribution in [1.82, 2.24) is 15.5 Å². The molecule has 3 rings (SSSR count). The molecule has 1 saturated heterocycles. The van der Waals surface area contributed by atoms with E-state index in [0.717, 1.165) is 25.7 Å². The maximum atomic E-state index is 9.57. The number of rotatable bonds is 4. The van der Waals surface area contributed by atoms with Crippen LogP contribution in [0.3, 0.4) is 0 Å². The molecular formula is C14H23N3O3. The van der Waals surface area contributed by atoms with Gasteiger partial charge in [0.15, 0.2) is 0 Å². The van der Waals surface area contributed by atoms with E-state index < -0.39 is 0 Å². The second-order valence-electron chi connectivity index (χ2n) is 5.79. The summed E-state index contributed by atoms with van der Waals surface area (Å²) in [6.45, 7) is 3.25. The van der Waals surface area contributed by atoms with E-state index in [-0.39, 0.29) is 17.7 Å². The van der Waals surface area contributed by atoms with Crippen LogP contribution in [0.1, 0.15) is 63.2 Å². The number of nitrogens with one attached hydrogen (secondary N) is 1. The van der Waals surface area contributed by atoms with Gasteiger partial charge in [-0.1, -0.05) is 24.4 Å². The van der Waals surface area contributed by atoms with Crippen molar-refractivity contribution in [1.29, 1.82) is 0 Å². The summed E-state index contributed by atoms with van der Waals surface area (Å²) in [5, 5.41) is 16.9. The van der Waals surface area contributed by atoms with Crippen molar-refractivity contribution in [2.75, 3.05) is 13.2 Å². The number of hydrogen-bond acceptors (Lipinski definition) is 6. The molecule has 1 aliphatic carbocycles. The Bertz CT molecular complexity index is 437. The first-order valence-electron chi connectivity index (χ1n) is 7.63. The van der Waals surface area contributed by atoms with Crippen molar-refractivity contribution >= 4 is 0 Å². The first-order chi connectivity index (χ1) is 9.73. The van der Waals surface area contributed by atoms with Gasteiger partial charge in [-0.3, -0.25) is 0 Å². The molecule has 0 aromatic carbocycles. The van der Waals surface area contributed by atoms with Gasteiger partial charge in [-0.15, -0.1) is 0 Å². The normalized spacial score (nSPS) is 29.7. The van der Waals surface area contributed by atoms with Crippen LogP contribution in [-0.4, -0.2) is 34.5 Å². The van der Waals surface area contributed by atoms with Gasteiger partial charge in [0, 0.05) is 13.2 Å². The quantitative estimate of drug-likeness (QED) is 0.873. The fraction of sp³-hybridized carbons (Fsp3) is 0.857. The van der Waals surface area contributed by atoms with Crippen molar-refractivity contribution in [3.05, 3.63) is 11.7 Å². The van der Waals surface area contributed by atoms with Crippen LogP contribution in [-0.2, 0) is 10.3 Å². The highest BCUT2D eigenvalue weighted by atomic mass is 16.5. The Balaban J connectivity index is 1.79. The highest BCUT2D eigenvalue weighted by molar-refractivity contribution is 5.06. The second kappa shape index (κ2) is 5.79. The van der Waals surface area contributed by atoms with Crippen LogP contribution < -0.4 is 5.32 Å². The third-order valence-electron chi connectivity index (χ3n) is 4.34. The van der Waals surface area contributed by atoms with Crippen LogP contribution in [0, 0.1) is 0 Å². The van der Waals surface area contributed by atoms with Gasteiger partial charge in [0.1, 0.15) is 5.60 Å². The van der Waals surface area contributed by atoms with Crippen molar-refractivity contribution in [2.45, 2.75) is 63.2 Å². The molecule has 6 heteroatoms. The Morgan fingerprint density at radius 1 is 1.40 bits per heavy atom. The summed E-state index contributed by atoms with van der Waals surface area (Å²) in [7, 11) is 0. The predicted octanol–water partition coefficient (Wildman–Crippen LogP) is 1.66. The van der Waals surface area contributed by atoms with E-state index in [1.807, 2.05) is 6.92 Å². The molecule has 2 fully saturated rings. The molecule has 6 nitrogen and oxygen atoms in total. The molecule has 20 heavy (non-hydrogen) atoms. The number of aliphatic hydroxyl groups is 1. The number of hydrogen-bond donors (Lipinski definition) is 2. The maximum absolute atomic E-state index is 9.57. The van der Waals surface area contributed by atoms with E-state index in [4.69, 9.17) is 9.26 Å². The van der Waals surface area contributed by atoms with E-state index in [2.05, 4.69) is 15.5 Å². The monoisotopic (exact) mass is 281 g/mol. The van der Waals surface area contributed by atoms with Crippen molar-refractivity contribution in [3.8, 4) is 0 Å². The largest absolute Gasteiger partial charge is 0.392 e. The molecule has 2 atom stereocenters. The summed E-state index contributed by atoms with van der Waals surface area (Å²) in [6.07, 6.45) is 5.75. The van der Waals surface area contributed by atoms with Crippen LogP contribution in [0.5, 0.6) is 0 Å². The summed E-state index contributed by atoms with van der Waals surface area (Å²) >= 11 is 0. The van der Waals surface area contributed by atoms with Gasteiger partial charge in [0.05, 0.1) is 12.1 Å². The fourth-order valence-electron chi connectivity index (χ4n) is 3.30. The summed E-state index contributed by atoms with van der Waals surface area (Å²) in [6, 6.07) is -0.0338. The Morgan fingerprint density at radius 2 is 2.20 bits per heavy atom. The number of aliphatic hydroxyl groups excluding tert-OH is 1. The Hall–Kier alpha value is -0.980. The molecule has 0 unspecified atom stereocenters. The minimum atomic E-state index is -0.369. The Labute approximate surface area is 118 Å². The molecule has 1 aromatic heterocycles. The van der Waals surface area contributed by atoms with Gasteiger partial charge in [-0.05, 0) is 26.2 Å². The maximum Gasteiger partial charge on any atom is 0.243 e. The molecule has 2 aliphatic rings. The highest BCUT2D eigenvalue weighted by Gasteiger charge is 2.40. The lowest BCUT2D eigenvalue weighted by Gasteiger charge is -2.33. The molecule has 1 aliphatic heterocycles. The Kier molecular flexibility index (Phi) is 4.05. The van der Waals surface area contributed by atoms with Gasteiger partial charge in [0.2, 0.25) is 11.7 Å². The molecule has 2 heterocycles. The van der Waals surface area contributed by atoms with Crippen LogP contribution in [0.25, 0.3) is 0 Å². The number of ether oxygens (including phenoxy) is 1. The highest BCUT2D eigenvalue weighted by Crippen LogP contribution is 2.39. The predicted molar refractivity (Wildman–Crippen MR) is 72.1 cm³/mol. The fourth-order valence-corrected chi connectivity index (χ4v) is 3.30. The van der Waals surface area contributed by atoms with Gasteiger partial charge < -0.3 is 19.7 Å². The number of nitrogens with zero attached hydrogens (tertiary/aromatic N) is 2. The zero-order valence-corrected chi connectivity index (χ0v) is 12.0. The lowest BCUT2D eigenvalue weighted by molar-refractivity contribution is -0.0777. The van der Waals surface area contributed by atoms with Gasteiger partial charge in [0.25, 0.3) is 0 Å². The smallest absolute Gasteiger partial charge is 0.243 e. The molecule has 1 saturated carbocycles.